The minimum absolute atomic E-state index is 0.600. The molecule has 0 spiro atoms. The van der Waals surface area contributed by atoms with Crippen molar-refractivity contribution in [3.8, 4) is 56.4 Å². The highest BCUT2D eigenvalue weighted by molar-refractivity contribution is 6.13. The maximum absolute atomic E-state index is 6.39. The quantitative estimate of drug-likeness (QED) is 0.174. The molecule has 4 nitrogen and oxygen atoms in total. The van der Waals surface area contributed by atoms with E-state index in [9.17, 15) is 0 Å². The summed E-state index contributed by atoms with van der Waals surface area (Å²) in [6.07, 6.45) is 0. The zero-order valence-electron chi connectivity index (χ0n) is 27.5. The molecular weight excluding hydrogens is 623 g/mol. The van der Waals surface area contributed by atoms with Gasteiger partial charge in [0.1, 0.15) is 11.2 Å². The van der Waals surface area contributed by atoms with Crippen molar-refractivity contribution < 1.29 is 4.42 Å². The van der Waals surface area contributed by atoms with Crippen molar-refractivity contribution in [2.24, 2.45) is 0 Å². The minimum Gasteiger partial charge on any atom is -0.456 e. The molecule has 0 radical (unpaired) electrons. The molecule has 2 heterocycles. The molecule has 10 rings (SSSR count). The Morgan fingerprint density at radius 3 is 1.63 bits per heavy atom. The second-order valence-corrected chi connectivity index (χ2v) is 12.8. The first-order valence-electron chi connectivity index (χ1n) is 17.1. The van der Waals surface area contributed by atoms with E-state index in [1.54, 1.807) is 0 Å². The molecule has 0 N–H and O–H groups in total. The lowest BCUT2D eigenvalue weighted by Crippen LogP contribution is -2.00. The number of rotatable bonds is 5. The summed E-state index contributed by atoms with van der Waals surface area (Å²) in [5.41, 5.74) is 9.06. The van der Waals surface area contributed by atoms with E-state index < -0.39 is 0 Å². The van der Waals surface area contributed by atoms with Crippen LogP contribution in [0.2, 0.25) is 0 Å². The molecular formula is C47H29N3O. The molecule has 0 saturated heterocycles. The number of nitrogens with zero attached hydrogens (tertiary/aromatic N) is 3. The summed E-state index contributed by atoms with van der Waals surface area (Å²) in [6, 6.07) is 61.1. The van der Waals surface area contributed by atoms with Crippen LogP contribution in [0.5, 0.6) is 0 Å². The van der Waals surface area contributed by atoms with E-state index >= 15 is 0 Å². The second kappa shape index (κ2) is 11.9. The first-order chi connectivity index (χ1) is 25.2. The van der Waals surface area contributed by atoms with Crippen LogP contribution < -0.4 is 0 Å². The Labute approximate surface area is 294 Å². The van der Waals surface area contributed by atoms with Gasteiger partial charge in [-0.3, -0.25) is 0 Å². The lowest BCUT2D eigenvalue weighted by atomic mass is 9.96. The fraction of sp³-hybridized carbons (Fsp3) is 0. The fourth-order valence-corrected chi connectivity index (χ4v) is 7.17. The summed E-state index contributed by atoms with van der Waals surface area (Å²) >= 11 is 0. The standard InChI is InChI=1S/C47H29N3O/c1-4-11-30(12-5-1)34-23-25-38-36(27-34)21-19-32-20-22-37(29-40(32)38)46-48-45(33-15-8-3-9-16-33)49-47(50-46)39-17-10-18-43-44(39)41-28-35(24-26-42(41)51-43)31-13-6-2-7-14-31/h1-29H. The van der Waals surface area contributed by atoms with Crippen molar-refractivity contribution in [2.75, 3.05) is 0 Å². The van der Waals surface area contributed by atoms with Crippen LogP contribution in [0, 0.1) is 0 Å². The lowest BCUT2D eigenvalue weighted by Gasteiger charge is -2.11. The zero-order chi connectivity index (χ0) is 33.7. The van der Waals surface area contributed by atoms with Crippen LogP contribution in [0.3, 0.4) is 0 Å². The zero-order valence-corrected chi connectivity index (χ0v) is 27.5. The summed E-state index contributed by atoms with van der Waals surface area (Å²) in [5, 5.41) is 6.72. The molecule has 10 aromatic rings. The van der Waals surface area contributed by atoms with Crippen LogP contribution in [0.1, 0.15) is 0 Å². The van der Waals surface area contributed by atoms with E-state index in [2.05, 4.69) is 127 Å². The second-order valence-electron chi connectivity index (χ2n) is 12.8. The number of hydrogen-bond donors (Lipinski definition) is 0. The summed E-state index contributed by atoms with van der Waals surface area (Å²) in [5.74, 6) is 1.84. The van der Waals surface area contributed by atoms with E-state index in [-0.39, 0.29) is 0 Å². The van der Waals surface area contributed by atoms with Gasteiger partial charge >= 0.3 is 0 Å². The van der Waals surface area contributed by atoms with Gasteiger partial charge in [0.15, 0.2) is 17.5 Å². The molecule has 0 atom stereocenters. The van der Waals surface area contributed by atoms with Gasteiger partial charge in [0.25, 0.3) is 0 Å². The van der Waals surface area contributed by atoms with Gasteiger partial charge in [0.05, 0.1) is 0 Å². The normalized spacial score (nSPS) is 11.5. The van der Waals surface area contributed by atoms with Gasteiger partial charge in [-0.05, 0) is 74.1 Å². The molecule has 4 heteroatoms. The van der Waals surface area contributed by atoms with Crippen molar-refractivity contribution in [1.82, 2.24) is 15.0 Å². The van der Waals surface area contributed by atoms with Crippen molar-refractivity contribution in [2.45, 2.75) is 0 Å². The Morgan fingerprint density at radius 1 is 0.314 bits per heavy atom. The van der Waals surface area contributed by atoms with E-state index in [4.69, 9.17) is 19.4 Å². The first kappa shape index (κ1) is 29.0. The monoisotopic (exact) mass is 651 g/mol. The third-order valence-corrected chi connectivity index (χ3v) is 9.71. The molecule has 238 valence electrons. The van der Waals surface area contributed by atoms with Crippen LogP contribution >= 0.6 is 0 Å². The third-order valence-electron chi connectivity index (χ3n) is 9.71. The fourth-order valence-electron chi connectivity index (χ4n) is 7.17. The Hall–Kier alpha value is -6.91. The van der Waals surface area contributed by atoms with E-state index in [0.29, 0.717) is 17.5 Å². The average Bonchev–Trinajstić information content (AvgIpc) is 3.59. The Bertz CT molecular complexity index is 2900. The highest BCUT2D eigenvalue weighted by atomic mass is 16.3. The predicted molar refractivity (Wildman–Crippen MR) is 209 cm³/mol. The SMILES string of the molecule is c1ccc(-c2ccc3c(ccc4ccc(-c5nc(-c6ccccc6)nc(-c6cccc7oc8ccc(-c9ccccc9)cc8c67)n5)cc43)c2)cc1. The van der Waals surface area contributed by atoms with Crippen molar-refractivity contribution in [1.29, 1.82) is 0 Å². The molecule has 51 heavy (non-hydrogen) atoms. The molecule has 0 saturated carbocycles. The number of furan rings is 1. The van der Waals surface area contributed by atoms with Crippen LogP contribution in [0.25, 0.3) is 99.9 Å². The van der Waals surface area contributed by atoms with E-state index in [0.717, 1.165) is 55.1 Å². The molecule has 0 unspecified atom stereocenters. The molecule has 0 bridgehead atoms. The number of benzene rings is 8. The van der Waals surface area contributed by atoms with E-state index in [1.165, 1.54) is 27.3 Å². The number of fused-ring (bicyclic) bond motifs is 6. The van der Waals surface area contributed by atoms with Gasteiger partial charge in [-0.2, -0.15) is 0 Å². The minimum atomic E-state index is 0.600. The Balaban J connectivity index is 1.17. The Morgan fingerprint density at radius 2 is 0.882 bits per heavy atom. The maximum atomic E-state index is 6.39. The number of aromatic nitrogens is 3. The highest BCUT2D eigenvalue weighted by Crippen LogP contribution is 2.39. The molecule has 0 fully saturated rings. The largest absolute Gasteiger partial charge is 0.456 e. The van der Waals surface area contributed by atoms with Crippen LogP contribution in [0.4, 0.5) is 0 Å². The topological polar surface area (TPSA) is 51.8 Å². The molecule has 0 aliphatic heterocycles. The highest BCUT2D eigenvalue weighted by Gasteiger charge is 2.19. The van der Waals surface area contributed by atoms with Crippen molar-refractivity contribution >= 4 is 43.5 Å². The van der Waals surface area contributed by atoms with Gasteiger partial charge in [-0.1, -0.05) is 146 Å². The van der Waals surface area contributed by atoms with Crippen molar-refractivity contribution in [3.05, 3.63) is 176 Å². The number of hydrogen-bond acceptors (Lipinski definition) is 4. The Kier molecular flexibility index (Phi) is 6.78. The maximum Gasteiger partial charge on any atom is 0.164 e. The molecule has 0 aliphatic carbocycles. The molecule has 0 amide bonds. The summed E-state index contributed by atoms with van der Waals surface area (Å²) < 4.78 is 6.39. The van der Waals surface area contributed by atoms with Crippen LogP contribution in [-0.4, -0.2) is 15.0 Å². The summed E-state index contributed by atoms with van der Waals surface area (Å²) in [7, 11) is 0. The van der Waals surface area contributed by atoms with E-state index in [1.807, 2.05) is 48.5 Å². The molecule has 8 aromatic carbocycles. The van der Waals surface area contributed by atoms with Gasteiger partial charge in [0, 0.05) is 27.5 Å². The van der Waals surface area contributed by atoms with Crippen molar-refractivity contribution in [3.63, 3.8) is 0 Å². The lowest BCUT2D eigenvalue weighted by molar-refractivity contribution is 0.669. The van der Waals surface area contributed by atoms with Gasteiger partial charge in [-0.25, -0.2) is 15.0 Å². The molecule has 2 aromatic heterocycles. The predicted octanol–water partition coefficient (Wildman–Crippen LogP) is 12.4. The van der Waals surface area contributed by atoms with Crippen LogP contribution in [0.15, 0.2) is 180 Å². The summed E-state index contributed by atoms with van der Waals surface area (Å²) in [6.45, 7) is 0. The third kappa shape index (κ3) is 5.13. The first-order valence-corrected chi connectivity index (χ1v) is 17.1. The smallest absolute Gasteiger partial charge is 0.164 e. The average molecular weight is 652 g/mol. The van der Waals surface area contributed by atoms with Gasteiger partial charge in [0.2, 0.25) is 0 Å². The van der Waals surface area contributed by atoms with Gasteiger partial charge < -0.3 is 4.42 Å². The molecule has 0 aliphatic rings. The summed E-state index contributed by atoms with van der Waals surface area (Å²) in [4.78, 5) is 15.4. The van der Waals surface area contributed by atoms with Gasteiger partial charge in [-0.15, -0.1) is 0 Å². The van der Waals surface area contributed by atoms with Crippen LogP contribution in [-0.2, 0) is 0 Å².